The fourth-order valence-electron chi connectivity index (χ4n) is 2.29. The summed E-state index contributed by atoms with van der Waals surface area (Å²) >= 11 is 0. The Hall–Kier alpha value is -2.84. The normalized spacial score (nSPS) is 11.6. The predicted octanol–water partition coefficient (Wildman–Crippen LogP) is 3.28. The summed E-state index contributed by atoms with van der Waals surface area (Å²) in [5, 5.41) is 15.6. The second-order valence-corrected chi connectivity index (χ2v) is 6.11. The quantitative estimate of drug-likeness (QED) is 0.818. The second-order valence-electron chi connectivity index (χ2n) is 6.11. The summed E-state index contributed by atoms with van der Waals surface area (Å²) in [6.45, 7) is 3.06. The number of benzene rings is 1. The summed E-state index contributed by atoms with van der Waals surface area (Å²) in [7, 11) is 0. The van der Waals surface area contributed by atoms with Crippen molar-refractivity contribution >= 4 is 11.9 Å². The third-order valence-corrected chi connectivity index (χ3v) is 3.71. The SMILES string of the molecule is CC(C)c1cc(C(=O)N(CC(=O)O)Cc2ccc(C(F)(F)F)cc2)n[nH]1. The number of carbonyl (C=O) groups is 2. The van der Waals surface area contributed by atoms with Gasteiger partial charge in [-0.05, 0) is 29.7 Å². The molecule has 0 saturated carbocycles. The van der Waals surface area contributed by atoms with Crippen molar-refractivity contribution < 1.29 is 27.9 Å². The summed E-state index contributed by atoms with van der Waals surface area (Å²) < 4.78 is 37.9. The molecule has 0 radical (unpaired) electrons. The Morgan fingerprint density at radius 3 is 2.31 bits per heavy atom. The zero-order chi connectivity index (χ0) is 19.5. The van der Waals surface area contributed by atoms with Crippen LogP contribution in [0.3, 0.4) is 0 Å². The molecule has 1 amide bonds. The minimum atomic E-state index is -4.46. The number of rotatable bonds is 6. The largest absolute Gasteiger partial charge is 0.480 e. The molecule has 26 heavy (non-hydrogen) atoms. The number of aromatic nitrogens is 2. The Morgan fingerprint density at radius 1 is 1.23 bits per heavy atom. The number of carbonyl (C=O) groups excluding carboxylic acids is 1. The van der Waals surface area contributed by atoms with Gasteiger partial charge in [0.15, 0.2) is 0 Å². The topological polar surface area (TPSA) is 86.3 Å². The molecule has 9 heteroatoms. The molecule has 2 N–H and O–H groups in total. The molecular weight excluding hydrogens is 351 g/mol. The van der Waals surface area contributed by atoms with E-state index in [0.29, 0.717) is 5.56 Å². The van der Waals surface area contributed by atoms with E-state index < -0.39 is 30.2 Å². The average molecular weight is 369 g/mol. The molecule has 1 heterocycles. The maximum absolute atomic E-state index is 12.6. The van der Waals surface area contributed by atoms with Gasteiger partial charge in [0.1, 0.15) is 12.2 Å². The monoisotopic (exact) mass is 369 g/mol. The summed E-state index contributed by atoms with van der Waals surface area (Å²) in [4.78, 5) is 24.6. The minimum Gasteiger partial charge on any atom is -0.480 e. The van der Waals surface area contributed by atoms with Crippen molar-refractivity contribution in [3.8, 4) is 0 Å². The third-order valence-electron chi connectivity index (χ3n) is 3.71. The molecule has 1 aromatic heterocycles. The molecule has 0 fully saturated rings. The Labute approximate surface area is 147 Å². The van der Waals surface area contributed by atoms with Crippen LogP contribution in [0.5, 0.6) is 0 Å². The van der Waals surface area contributed by atoms with Crippen molar-refractivity contribution in [1.82, 2.24) is 15.1 Å². The molecule has 2 aromatic rings. The first-order valence-corrected chi connectivity index (χ1v) is 7.80. The molecule has 0 saturated heterocycles. The van der Waals surface area contributed by atoms with E-state index in [1.807, 2.05) is 13.8 Å². The van der Waals surface area contributed by atoms with Crippen molar-refractivity contribution in [3.63, 3.8) is 0 Å². The summed E-state index contributed by atoms with van der Waals surface area (Å²) in [6.07, 6.45) is -4.46. The van der Waals surface area contributed by atoms with Gasteiger partial charge in [-0.25, -0.2) is 0 Å². The van der Waals surface area contributed by atoms with Crippen LogP contribution in [0.15, 0.2) is 30.3 Å². The highest BCUT2D eigenvalue weighted by Crippen LogP contribution is 2.29. The molecule has 2 rings (SSSR count). The van der Waals surface area contributed by atoms with Crippen LogP contribution < -0.4 is 0 Å². The lowest BCUT2D eigenvalue weighted by atomic mass is 10.1. The Kier molecular flexibility index (Phi) is 5.69. The average Bonchev–Trinajstić information content (AvgIpc) is 3.03. The highest BCUT2D eigenvalue weighted by Gasteiger charge is 2.30. The Morgan fingerprint density at radius 2 is 1.85 bits per heavy atom. The van der Waals surface area contributed by atoms with Gasteiger partial charge < -0.3 is 10.0 Å². The number of aliphatic carboxylic acids is 1. The van der Waals surface area contributed by atoms with Gasteiger partial charge in [0, 0.05) is 12.2 Å². The zero-order valence-corrected chi connectivity index (χ0v) is 14.2. The summed E-state index contributed by atoms with van der Waals surface area (Å²) in [5.41, 5.74) is 0.346. The molecule has 0 bridgehead atoms. The van der Waals surface area contributed by atoms with Crippen molar-refractivity contribution in [3.05, 3.63) is 52.8 Å². The van der Waals surface area contributed by atoms with E-state index in [-0.39, 0.29) is 18.2 Å². The number of alkyl halides is 3. The fraction of sp³-hybridized carbons (Fsp3) is 0.353. The summed E-state index contributed by atoms with van der Waals surface area (Å²) in [6, 6.07) is 5.76. The predicted molar refractivity (Wildman–Crippen MR) is 86.5 cm³/mol. The van der Waals surface area contributed by atoms with Gasteiger partial charge in [-0.15, -0.1) is 0 Å². The van der Waals surface area contributed by atoms with Crippen LogP contribution in [-0.4, -0.2) is 38.6 Å². The Bertz CT molecular complexity index is 783. The number of H-pyrrole nitrogens is 1. The van der Waals surface area contributed by atoms with E-state index in [9.17, 15) is 22.8 Å². The number of carboxylic acids is 1. The number of nitrogens with one attached hydrogen (secondary N) is 1. The maximum Gasteiger partial charge on any atom is 0.416 e. The first-order chi connectivity index (χ1) is 12.1. The number of carboxylic acid groups (broad SMARTS) is 1. The number of hydrogen-bond acceptors (Lipinski definition) is 3. The lowest BCUT2D eigenvalue weighted by Crippen LogP contribution is -2.35. The molecule has 0 aliphatic heterocycles. The lowest BCUT2D eigenvalue weighted by Gasteiger charge is -2.20. The number of aromatic amines is 1. The van der Waals surface area contributed by atoms with Crippen LogP contribution in [0.2, 0.25) is 0 Å². The van der Waals surface area contributed by atoms with E-state index >= 15 is 0 Å². The first kappa shape index (κ1) is 19.5. The van der Waals surface area contributed by atoms with Gasteiger partial charge in [-0.2, -0.15) is 18.3 Å². The van der Waals surface area contributed by atoms with Crippen molar-refractivity contribution in [2.45, 2.75) is 32.5 Å². The van der Waals surface area contributed by atoms with Gasteiger partial charge >= 0.3 is 12.1 Å². The molecule has 0 aliphatic carbocycles. The van der Waals surface area contributed by atoms with Gasteiger partial charge in [-0.3, -0.25) is 14.7 Å². The van der Waals surface area contributed by atoms with E-state index in [0.717, 1.165) is 22.7 Å². The number of amides is 1. The Balaban J connectivity index is 2.21. The van der Waals surface area contributed by atoms with Crippen molar-refractivity contribution in [2.24, 2.45) is 0 Å². The first-order valence-electron chi connectivity index (χ1n) is 7.80. The van der Waals surface area contributed by atoms with Gasteiger partial charge in [0.05, 0.1) is 5.56 Å². The zero-order valence-electron chi connectivity index (χ0n) is 14.2. The van der Waals surface area contributed by atoms with E-state index in [4.69, 9.17) is 5.11 Å². The smallest absolute Gasteiger partial charge is 0.416 e. The number of nitrogens with zero attached hydrogens (tertiary/aromatic N) is 2. The highest BCUT2D eigenvalue weighted by atomic mass is 19.4. The van der Waals surface area contributed by atoms with E-state index in [1.54, 1.807) is 0 Å². The van der Waals surface area contributed by atoms with Crippen LogP contribution in [0.4, 0.5) is 13.2 Å². The maximum atomic E-state index is 12.6. The molecule has 0 unspecified atom stereocenters. The van der Waals surface area contributed by atoms with Crippen LogP contribution in [0, 0.1) is 0 Å². The van der Waals surface area contributed by atoms with Crippen molar-refractivity contribution in [1.29, 1.82) is 0 Å². The van der Waals surface area contributed by atoms with Gasteiger partial charge in [0.2, 0.25) is 0 Å². The fourth-order valence-corrected chi connectivity index (χ4v) is 2.29. The lowest BCUT2D eigenvalue weighted by molar-refractivity contribution is -0.138. The van der Waals surface area contributed by atoms with Crippen LogP contribution in [0.25, 0.3) is 0 Å². The standard InChI is InChI=1S/C17H18F3N3O3/c1-10(2)13-7-14(22-21-13)16(26)23(9-15(24)25)8-11-3-5-12(6-4-11)17(18,19)20/h3-7,10H,8-9H2,1-2H3,(H,21,22)(H,24,25). The highest BCUT2D eigenvalue weighted by molar-refractivity contribution is 5.94. The minimum absolute atomic E-state index is 0.0573. The second kappa shape index (κ2) is 7.59. The van der Waals surface area contributed by atoms with Crippen LogP contribution in [-0.2, 0) is 17.5 Å². The molecule has 6 nitrogen and oxygen atoms in total. The molecular formula is C17H18F3N3O3. The molecule has 0 spiro atoms. The molecule has 0 atom stereocenters. The number of halogens is 3. The third kappa shape index (κ3) is 4.84. The van der Waals surface area contributed by atoms with Crippen molar-refractivity contribution in [2.75, 3.05) is 6.54 Å². The molecule has 140 valence electrons. The molecule has 0 aliphatic rings. The number of hydrogen-bond donors (Lipinski definition) is 2. The van der Waals surface area contributed by atoms with E-state index in [1.165, 1.54) is 18.2 Å². The van der Waals surface area contributed by atoms with Gasteiger partial charge in [0.25, 0.3) is 5.91 Å². The van der Waals surface area contributed by atoms with Crippen LogP contribution >= 0.6 is 0 Å². The van der Waals surface area contributed by atoms with E-state index in [2.05, 4.69) is 10.2 Å². The van der Waals surface area contributed by atoms with Gasteiger partial charge in [-0.1, -0.05) is 26.0 Å². The molecule has 1 aromatic carbocycles. The summed E-state index contributed by atoms with van der Waals surface area (Å²) in [5.74, 6) is -1.74. The van der Waals surface area contributed by atoms with Crippen LogP contribution in [0.1, 0.15) is 47.1 Å².